The number of aliphatic hydroxyl groups excluding tert-OH is 2. The van der Waals surface area contributed by atoms with Crippen LogP contribution in [0.25, 0.3) is 0 Å². The fraction of sp³-hybridized carbons (Fsp3) is 0.750. The molecule has 0 aromatic heterocycles. The van der Waals surface area contributed by atoms with Crippen molar-refractivity contribution in [3.8, 4) is 0 Å². The van der Waals surface area contributed by atoms with Crippen LogP contribution >= 0.6 is 0 Å². The summed E-state index contributed by atoms with van der Waals surface area (Å²) in [4.78, 5) is 23.9. The maximum atomic E-state index is 12.0. The second kappa shape index (κ2) is 5.58. The van der Waals surface area contributed by atoms with Gasteiger partial charge in [-0.3, -0.25) is 4.79 Å². The first-order valence-electron chi connectivity index (χ1n) is 7.83. The molecule has 0 bridgehead atoms. The van der Waals surface area contributed by atoms with Crippen LogP contribution in [0, 0.1) is 11.8 Å². The molecule has 0 saturated carbocycles. The number of rotatable bonds is 1. The van der Waals surface area contributed by atoms with Gasteiger partial charge in [-0.05, 0) is 19.8 Å². The number of allylic oxidation sites excluding steroid dienone is 1. The summed E-state index contributed by atoms with van der Waals surface area (Å²) in [5.74, 6) is -2.34. The van der Waals surface area contributed by atoms with Crippen LogP contribution in [0.4, 0.5) is 0 Å². The van der Waals surface area contributed by atoms with Crippen molar-refractivity contribution in [2.45, 2.75) is 56.7 Å². The molecule has 23 heavy (non-hydrogen) atoms. The minimum absolute atomic E-state index is 0.00741. The maximum absolute atomic E-state index is 12.0. The number of hydrogen-bond donors (Lipinski definition) is 2. The van der Waals surface area contributed by atoms with Crippen LogP contribution in [0.15, 0.2) is 11.6 Å². The highest BCUT2D eigenvalue weighted by Crippen LogP contribution is 2.50. The lowest BCUT2D eigenvalue weighted by Gasteiger charge is -2.29. The van der Waals surface area contributed by atoms with Gasteiger partial charge in [0.1, 0.15) is 18.3 Å². The third kappa shape index (κ3) is 2.56. The van der Waals surface area contributed by atoms with Gasteiger partial charge in [0.05, 0.1) is 30.3 Å². The van der Waals surface area contributed by atoms with Crippen LogP contribution in [-0.4, -0.2) is 59.3 Å². The number of fused-ring (bicyclic) bond motifs is 3. The van der Waals surface area contributed by atoms with E-state index >= 15 is 0 Å². The van der Waals surface area contributed by atoms with Crippen molar-refractivity contribution >= 4 is 11.9 Å². The zero-order valence-electron chi connectivity index (χ0n) is 13.4. The molecule has 2 N–H and O–H groups in total. The van der Waals surface area contributed by atoms with Gasteiger partial charge in [0, 0.05) is 5.92 Å². The zero-order chi connectivity index (χ0) is 16.9. The molecule has 7 atom stereocenters. The molecule has 1 aliphatic carbocycles. The van der Waals surface area contributed by atoms with Gasteiger partial charge < -0.3 is 24.4 Å². The summed E-state index contributed by atoms with van der Waals surface area (Å²) in [5, 5.41) is 21.1. The number of carbonyl (C=O) groups is 2. The molecule has 2 saturated heterocycles. The van der Waals surface area contributed by atoms with E-state index in [4.69, 9.17) is 14.2 Å². The molecule has 2 aliphatic heterocycles. The Morgan fingerprint density at radius 1 is 1.43 bits per heavy atom. The van der Waals surface area contributed by atoms with Crippen molar-refractivity contribution in [2.24, 2.45) is 11.8 Å². The number of methoxy groups -OCH3 is 1. The van der Waals surface area contributed by atoms with Crippen molar-refractivity contribution in [2.75, 3.05) is 7.11 Å². The van der Waals surface area contributed by atoms with Crippen LogP contribution in [-0.2, 0) is 23.8 Å². The molecule has 2 heterocycles. The topological polar surface area (TPSA) is 106 Å². The summed E-state index contributed by atoms with van der Waals surface area (Å²) in [6.45, 7) is 3.57. The molecule has 0 aromatic carbocycles. The normalized spacial score (nSPS) is 48.4. The third-order valence-corrected chi connectivity index (χ3v) is 5.28. The monoisotopic (exact) mass is 326 g/mol. The van der Waals surface area contributed by atoms with E-state index in [1.54, 1.807) is 13.0 Å². The lowest BCUT2D eigenvalue weighted by Crippen LogP contribution is -2.45. The molecule has 5 unspecified atom stereocenters. The Balaban J connectivity index is 1.98. The predicted octanol–water partition coefficient (Wildman–Crippen LogP) is -0.0634. The van der Waals surface area contributed by atoms with Crippen LogP contribution in [0.5, 0.6) is 0 Å². The minimum atomic E-state index is -1.44. The first-order valence-corrected chi connectivity index (χ1v) is 7.83. The predicted molar refractivity (Wildman–Crippen MR) is 77.2 cm³/mol. The van der Waals surface area contributed by atoms with E-state index < -0.39 is 47.7 Å². The largest absolute Gasteiger partial charge is 0.466 e. The second-order valence-electron chi connectivity index (χ2n) is 6.74. The Bertz CT molecular complexity index is 557. The molecule has 0 amide bonds. The molecule has 7 heteroatoms. The van der Waals surface area contributed by atoms with Gasteiger partial charge in [-0.15, -0.1) is 0 Å². The van der Waals surface area contributed by atoms with E-state index in [1.807, 2.05) is 6.92 Å². The maximum Gasteiger partial charge on any atom is 0.336 e. The summed E-state index contributed by atoms with van der Waals surface area (Å²) in [6.07, 6.45) is -0.987. The second-order valence-corrected chi connectivity index (χ2v) is 6.74. The number of hydrogen-bond acceptors (Lipinski definition) is 7. The Kier molecular flexibility index (Phi) is 3.98. The Morgan fingerprint density at radius 2 is 2.13 bits per heavy atom. The van der Waals surface area contributed by atoms with Gasteiger partial charge in [-0.25, -0.2) is 4.79 Å². The van der Waals surface area contributed by atoms with Gasteiger partial charge in [-0.1, -0.05) is 13.0 Å². The van der Waals surface area contributed by atoms with Gasteiger partial charge in [0.2, 0.25) is 0 Å². The van der Waals surface area contributed by atoms with E-state index in [9.17, 15) is 19.8 Å². The van der Waals surface area contributed by atoms with Crippen molar-refractivity contribution < 1.29 is 34.0 Å². The molecule has 3 rings (SSSR count). The van der Waals surface area contributed by atoms with Gasteiger partial charge in [-0.2, -0.15) is 0 Å². The smallest absolute Gasteiger partial charge is 0.336 e. The molecular weight excluding hydrogens is 304 g/mol. The Labute approximate surface area is 134 Å². The summed E-state index contributed by atoms with van der Waals surface area (Å²) in [6, 6.07) is 0. The zero-order valence-corrected chi connectivity index (χ0v) is 13.4. The standard InChI is InChI=1S/C16H22O7/c1-7-9-11(18)10(17)8(15(20)21-3)5-4-6-16(2)13(23-16)12(9)22-14(7)19/h5,7,9-13,17-18H,4,6H2,1-3H3/b8-5+/t7?,9?,10?,11?,12?,13-,16+/m0/s1. The van der Waals surface area contributed by atoms with Gasteiger partial charge in [0.15, 0.2) is 0 Å². The minimum Gasteiger partial charge on any atom is -0.466 e. The fourth-order valence-electron chi connectivity index (χ4n) is 3.74. The molecular formula is C16H22O7. The number of ether oxygens (including phenoxy) is 3. The van der Waals surface area contributed by atoms with Crippen LogP contribution < -0.4 is 0 Å². The van der Waals surface area contributed by atoms with Crippen LogP contribution in [0.2, 0.25) is 0 Å². The molecule has 2 fully saturated rings. The summed E-state index contributed by atoms with van der Waals surface area (Å²) < 4.78 is 15.8. The van der Waals surface area contributed by atoms with E-state index in [-0.39, 0.29) is 11.7 Å². The van der Waals surface area contributed by atoms with Crippen LogP contribution in [0.3, 0.4) is 0 Å². The van der Waals surface area contributed by atoms with Crippen molar-refractivity contribution in [1.82, 2.24) is 0 Å². The van der Waals surface area contributed by atoms with E-state index in [1.165, 1.54) is 7.11 Å². The lowest BCUT2D eigenvalue weighted by molar-refractivity contribution is -0.145. The fourth-order valence-corrected chi connectivity index (χ4v) is 3.74. The number of esters is 2. The van der Waals surface area contributed by atoms with E-state index in [0.717, 1.165) is 0 Å². The van der Waals surface area contributed by atoms with Gasteiger partial charge in [0.25, 0.3) is 0 Å². The number of carbonyl (C=O) groups excluding carboxylic acids is 2. The lowest BCUT2D eigenvalue weighted by atomic mass is 9.78. The Hall–Kier alpha value is -1.44. The highest BCUT2D eigenvalue weighted by atomic mass is 16.6. The number of epoxide rings is 1. The molecule has 7 nitrogen and oxygen atoms in total. The van der Waals surface area contributed by atoms with E-state index in [0.29, 0.717) is 12.8 Å². The van der Waals surface area contributed by atoms with E-state index in [2.05, 4.69) is 0 Å². The first kappa shape index (κ1) is 16.4. The van der Waals surface area contributed by atoms with Crippen molar-refractivity contribution in [3.05, 3.63) is 11.6 Å². The Morgan fingerprint density at radius 3 is 2.78 bits per heavy atom. The molecule has 0 radical (unpaired) electrons. The molecule has 0 aromatic rings. The summed E-state index contributed by atoms with van der Waals surface area (Å²) in [7, 11) is 1.22. The summed E-state index contributed by atoms with van der Waals surface area (Å²) >= 11 is 0. The van der Waals surface area contributed by atoms with Gasteiger partial charge >= 0.3 is 11.9 Å². The average molecular weight is 326 g/mol. The third-order valence-electron chi connectivity index (χ3n) is 5.28. The number of aliphatic hydroxyl groups is 2. The van der Waals surface area contributed by atoms with Crippen LogP contribution in [0.1, 0.15) is 26.7 Å². The van der Waals surface area contributed by atoms with Crippen molar-refractivity contribution in [1.29, 1.82) is 0 Å². The highest BCUT2D eigenvalue weighted by Gasteiger charge is 2.64. The average Bonchev–Trinajstić information content (AvgIpc) is 3.10. The van der Waals surface area contributed by atoms with Crippen molar-refractivity contribution in [3.63, 3.8) is 0 Å². The summed E-state index contributed by atoms with van der Waals surface area (Å²) in [5.41, 5.74) is -0.444. The molecule has 128 valence electrons. The highest BCUT2D eigenvalue weighted by molar-refractivity contribution is 5.89. The quantitative estimate of drug-likeness (QED) is 0.513. The first-order chi connectivity index (χ1) is 10.8. The molecule has 3 aliphatic rings. The SMILES string of the molecule is COC(=O)/C1=C/CC[C@@]2(C)O[C@H]2C2OC(=O)C(C)C2C(O)C1O. The molecule has 0 spiro atoms.